The Kier molecular flexibility index (Phi) is 44.3. The Morgan fingerprint density at radius 2 is 0.510 bits per heavy atom. The minimum Gasteiger partial charge on any atom is -0.393 e. The molecule has 0 saturated heterocycles. The predicted octanol–water partition coefficient (Wildman–Crippen LogP) is 39.6. The molecule has 45 atom stereocenters. The Hall–Kier alpha value is 0.560. The summed E-state index contributed by atoms with van der Waals surface area (Å²) < 4.78 is 0.962. The van der Waals surface area contributed by atoms with Gasteiger partial charge < -0.3 is 21.9 Å². The molecule has 0 spiro atoms. The molecule has 20 aliphatic rings. The molecule has 842 valence electrons. The number of hydrogen-bond donors (Lipinski definition) is 2. The zero-order valence-corrected chi connectivity index (χ0v) is 107. The summed E-state index contributed by atoms with van der Waals surface area (Å²) in [4.78, 5) is 4.63. The first kappa shape index (κ1) is 124. The zero-order chi connectivity index (χ0) is 105. The number of hydrogen-bond acceptors (Lipinski definition) is 3. The number of halogens is 2. The molecule has 0 amide bonds. The first-order valence-corrected chi connectivity index (χ1v) is 67.1. The smallest absolute Gasteiger partial charge is 0.393 e. The van der Waals surface area contributed by atoms with Crippen LogP contribution in [0.4, 0.5) is 0 Å². The fourth-order valence-corrected chi connectivity index (χ4v) is 47.7. The number of aliphatic hydroxyl groups is 1. The number of rotatable bonds is 26. The summed E-state index contributed by atoms with van der Waals surface area (Å²) in [5.74, 6) is 34.8. The number of nitrogens with zero attached hydrogens (tertiary/aromatic N) is 6. The van der Waals surface area contributed by atoms with Gasteiger partial charge in [0.05, 0.1) is 6.10 Å². The molecule has 0 aromatic carbocycles. The van der Waals surface area contributed by atoms with Gasteiger partial charge in [-0.3, -0.25) is 4.91 Å². The quantitative estimate of drug-likeness (QED) is 0.0221. The fourth-order valence-electron chi connectivity index (χ4n) is 46.7. The van der Waals surface area contributed by atoms with Crippen LogP contribution in [0.15, 0.2) is 5.11 Å². The van der Waals surface area contributed by atoms with Crippen molar-refractivity contribution in [3.63, 3.8) is 0 Å². The van der Waals surface area contributed by atoms with Crippen LogP contribution in [0.3, 0.4) is 0 Å². The molecule has 0 unspecified atom stereocenters. The van der Waals surface area contributed by atoms with E-state index in [1.165, 1.54) is 281 Å². The van der Waals surface area contributed by atoms with Crippen LogP contribution >= 0.6 is 35.0 Å². The largest absolute Gasteiger partial charge is 1.00 e. The van der Waals surface area contributed by atoms with E-state index in [0.29, 0.717) is 60.2 Å². The van der Waals surface area contributed by atoms with Crippen molar-refractivity contribution in [2.24, 2.45) is 278 Å². The summed E-state index contributed by atoms with van der Waals surface area (Å²) in [6, 6.07) is 0.757. The molecule has 20 aliphatic carbocycles. The Morgan fingerprint density at radius 3 is 0.796 bits per heavy atom. The van der Waals surface area contributed by atoms with Gasteiger partial charge in [0, 0.05) is 20.9 Å². The molecular formula is C136H242ClIN7NaO. The molecular weight excluding hydrogens is 1930 g/mol. The van der Waals surface area contributed by atoms with Gasteiger partial charge in [0.25, 0.3) is 0 Å². The van der Waals surface area contributed by atoms with Gasteiger partial charge in [0.2, 0.25) is 0 Å². The number of nitrogens with two attached hydrogens (primary N) is 1. The molecule has 11 heteroatoms. The monoisotopic (exact) mass is 2170 g/mol. The summed E-state index contributed by atoms with van der Waals surface area (Å²) in [5.41, 5.74) is 35.0. The average Bonchev–Trinajstić information content (AvgIpc) is 1.66. The normalized spacial score (nSPS) is 47.2. The minimum atomic E-state index is -0.00830. The van der Waals surface area contributed by atoms with E-state index in [9.17, 15) is 5.11 Å². The molecule has 3 N–H and O–H groups in total. The maximum Gasteiger partial charge on any atom is 1.00 e. The number of alkyl halides is 1. The van der Waals surface area contributed by atoms with Gasteiger partial charge in [-0.2, -0.15) is 0 Å². The topological polar surface area (TPSA) is 154 Å². The number of azide groups is 1. The molecule has 0 aliphatic heterocycles. The van der Waals surface area contributed by atoms with Crippen LogP contribution in [0.2, 0.25) is 0 Å². The van der Waals surface area contributed by atoms with Crippen LogP contribution in [-0.2, 0) is 0 Å². The second-order valence-corrected chi connectivity index (χ2v) is 65.6. The summed E-state index contributed by atoms with van der Waals surface area (Å²) in [5, 5.41) is 14.4. The third-order valence-electron chi connectivity index (χ3n) is 54.7. The number of fused-ring (bicyclic) bond motifs is 25. The van der Waals surface area contributed by atoms with Crippen molar-refractivity contribution in [1.82, 2.24) is 0 Å². The van der Waals surface area contributed by atoms with Gasteiger partial charge in [-0.05, 0) is 555 Å². The maximum atomic E-state index is 10.3. The first-order chi connectivity index (χ1) is 68.7. The van der Waals surface area contributed by atoms with E-state index < -0.39 is 0 Å². The molecule has 20 fully saturated rings. The molecule has 20 rings (SSSR count). The van der Waals surface area contributed by atoms with Crippen LogP contribution in [0.1, 0.15) is 565 Å². The maximum absolute atomic E-state index is 10.3. The molecule has 0 radical (unpaired) electrons. The summed E-state index contributed by atoms with van der Waals surface area (Å²) in [6.45, 7) is 66.4. The summed E-state index contributed by atoms with van der Waals surface area (Å²) in [7, 11) is 0. The van der Waals surface area contributed by atoms with Gasteiger partial charge in [-0.15, -0.1) is 12.4 Å². The zero-order valence-electron chi connectivity index (χ0n) is 102. The van der Waals surface area contributed by atoms with E-state index in [4.69, 9.17) is 22.3 Å². The van der Waals surface area contributed by atoms with Gasteiger partial charge in [0.15, 0.2) is 0 Å². The first-order valence-electron chi connectivity index (χ1n) is 65.8. The summed E-state index contributed by atoms with van der Waals surface area (Å²) in [6.07, 6.45) is 87.2. The van der Waals surface area contributed by atoms with Crippen LogP contribution in [0, 0.1) is 267 Å². The van der Waals surface area contributed by atoms with Crippen LogP contribution in [0.25, 0.3) is 26.4 Å². The van der Waals surface area contributed by atoms with Crippen LogP contribution in [0.5, 0.6) is 0 Å². The van der Waals surface area contributed by atoms with Gasteiger partial charge >= 0.3 is 29.6 Å². The van der Waals surface area contributed by atoms with Crippen molar-refractivity contribution in [3.8, 4) is 0 Å². The summed E-state index contributed by atoms with van der Waals surface area (Å²) >= 11 is 2.75. The minimum absolute atomic E-state index is 0. The van der Waals surface area contributed by atoms with Gasteiger partial charge in [-0.25, -0.2) is 0 Å². The van der Waals surface area contributed by atoms with Crippen molar-refractivity contribution >= 4 is 35.0 Å². The predicted molar refractivity (Wildman–Crippen MR) is 637 cm³/mol. The molecule has 20 saturated carbocycles. The molecule has 147 heavy (non-hydrogen) atoms. The second kappa shape index (κ2) is 52.3. The SMILES string of the molecule is CC(C)CCC[C@@H](C)[C@H]1CC[C@H]2[C@@H]3CC[C@H]4C[C@@H](C)CC[C@]4(C)[C@H]3CC[C@]12C.CC(C)CCC[C@@H](C)[C@H]1CC[C@H]2[C@@H]3CC[C@H]4C[C@@H](N)CC[C@]4(C)[C@H]3CC[C@]12C.CC(C)CCC[C@@H](C)[C@H]1CC[C@H]2[C@@H]3CC[C@H]4C[C@@H](N=[N+]=[N-])CC[C@]4(C)[C@H]3CC[C@]12C.CC(C)CCC[C@@H](C)[C@H]1CC[C@H]2[C@@H]3CC[C@H]4C[C@@H](O)CC[C@]4(C)[C@H]3CC[C@]12C.CC(C)CCC[C@@H](C)[C@H]1CC[C@H]2[C@@H]3CC[C@H]4C[C@H](I)CC[C@]4(C)[C@H]3CC[C@]12C.Cl.[N-]=[N+]=[N-].[Na+]. The Bertz CT molecular complexity index is 3720. The molecule has 0 bridgehead atoms. The van der Waals surface area contributed by atoms with Gasteiger partial charge in [-0.1, -0.05) is 310 Å². The van der Waals surface area contributed by atoms with E-state index in [2.05, 4.69) is 213 Å². The average molecular weight is 2180 g/mol. The standard InChI is InChI=1S/C28H50.C27H47I.C27H47N3.C27H49N.C27H48O.ClH.N3.Na/c1-19(2)8-7-9-21(4)24-12-13-25-23-11-10-22-18-20(3)14-16-27(22,5)26(23)15-17-28(24,25)6;1-18(2)7-6-8-19(3)23-11-12-24-22-10-9-20-17-21(28)13-15-26(20,4)25(22)14-16-27(23,24)5;1-18(2)7-6-8-19(3)23-11-12-24-22-10-9-20-17-21(29-30-28)13-15-26(20,4)25(22)14-16-27(23,24)5;2*1-18(2)7-6-8-19(3)23-11-12-24-22-10-9-20-17-21(28)13-15-26(20,4)25(22)14-16-27(23,24)5;;1-3-2;/h19-26H,7-18H2,1-6H3;18-25H,6-17H2,1-5H3;18-25H,6-17H2,1-5H3;18-25H,6-17,28H2,1-5H3;18-25,28H,6-17H2,1-5H3;1H;;/q;;;;;;-1;+1/t20-,21+,22-,23-,24+,25-,26-,27-,28+;19-,20+,21-,22+,23-,24+,25+,26+,27-;3*19-,20+,21+,22+,23-,24+,25+,26+,27-;;;/m01111.../s1. The Morgan fingerprint density at radius 1 is 0.279 bits per heavy atom. The van der Waals surface area contributed by atoms with Crippen molar-refractivity contribution in [1.29, 1.82) is 0 Å². The molecule has 8 nitrogen and oxygen atoms in total. The van der Waals surface area contributed by atoms with E-state index in [-0.39, 0.29) is 54.1 Å². The Labute approximate surface area is 953 Å². The number of aliphatic hydroxyl groups excluding tert-OH is 1. The van der Waals surface area contributed by atoms with E-state index >= 15 is 0 Å². The fraction of sp³-hybridized carbons (Fsp3) is 1.00. The van der Waals surface area contributed by atoms with E-state index in [1.54, 1.807) is 83.5 Å². The van der Waals surface area contributed by atoms with Crippen molar-refractivity contribution in [3.05, 3.63) is 26.4 Å². The molecule has 0 heterocycles. The molecule has 0 aromatic rings. The van der Waals surface area contributed by atoms with E-state index in [1.807, 2.05) is 0 Å². The Balaban J connectivity index is 0.000000152. The third kappa shape index (κ3) is 25.9. The van der Waals surface area contributed by atoms with Crippen LogP contribution < -0.4 is 35.3 Å². The van der Waals surface area contributed by atoms with Crippen molar-refractivity contribution < 1.29 is 34.7 Å². The van der Waals surface area contributed by atoms with Crippen LogP contribution in [-0.4, -0.2) is 27.2 Å². The molecule has 0 aromatic heterocycles. The van der Waals surface area contributed by atoms with Gasteiger partial charge in [0.1, 0.15) is 0 Å². The van der Waals surface area contributed by atoms with Crippen molar-refractivity contribution in [2.75, 3.05) is 0 Å². The van der Waals surface area contributed by atoms with Crippen molar-refractivity contribution in [2.45, 2.75) is 587 Å². The second-order valence-electron chi connectivity index (χ2n) is 63.9. The third-order valence-corrected chi connectivity index (χ3v) is 55.9. The van der Waals surface area contributed by atoms with E-state index in [0.717, 1.165) is 243 Å².